The molecular weight excluding hydrogens is 343 g/mol. The van der Waals surface area contributed by atoms with Crippen LogP contribution in [0.15, 0.2) is 0 Å². The molecule has 0 saturated carbocycles. The second-order valence-corrected chi connectivity index (χ2v) is 2.34. The molecule has 2 N–H and O–H groups in total. The van der Waals surface area contributed by atoms with Crippen molar-refractivity contribution in [2.75, 3.05) is 52.7 Å². The number of hydrogen-bond acceptors (Lipinski definition) is 3. The third kappa shape index (κ3) is 23.0. The van der Waals surface area contributed by atoms with Gasteiger partial charge in [-0.05, 0) is 0 Å². The predicted molar refractivity (Wildman–Crippen MR) is 50.8 cm³/mol. The largest absolute Gasteiger partial charge is 1.00 e. The Bertz CT molecular complexity index is 92.0. The van der Waals surface area contributed by atoms with Gasteiger partial charge in [-0.3, -0.25) is 0 Å². The summed E-state index contributed by atoms with van der Waals surface area (Å²) in [7, 11) is 0. The molecule has 0 atom stereocenters. The van der Waals surface area contributed by atoms with Gasteiger partial charge in [0.2, 0.25) is 0 Å². The van der Waals surface area contributed by atoms with Crippen LogP contribution in [0.5, 0.6) is 0 Å². The standard InChI is InChI=1S/C8H18N2O3.2Rb/c9-1-3-11-5-7-13-8-6-12-4-2-10;;/h9-10H,1-8H2;;/q-2;2*+1. The van der Waals surface area contributed by atoms with Gasteiger partial charge in [-0.2, -0.15) is 0 Å². The first-order chi connectivity index (χ1) is 6.41. The van der Waals surface area contributed by atoms with Crippen molar-refractivity contribution in [3.8, 4) is 0 Å². The van der Waals surface area contributed by atoms with Gasteiger partial charge >= 0.3 is 116 Å². The van der Waals surface area contributed by atoms with E-state index in [0.29, 0.717) is 52.7 Å². The average molecular weight is 361 g/mol. The molecule has 80 valence electrons. The fourth-order valence-corrected chi connectivity index (χ4v) is 0.686. The smallest absolute Gasteiger partial charge is 0.676 e. The van der Waals surface area contributed by atoms with E-state index in [1.165, 1.54) is 0 Å². The van der Waals surface area contributed by atoms with E-state index >= 15 is 0 Å². The van der Waals surface area contributed by atoms with Gasteiger partial charge in [0.15, 0.2) is 0 Å². The monoisotopic (exact) mass is 360 g/mol. The fraction of sp³-hybridized carbons (Fsp3) is 1.00. The van der Waals surface area contributed by atoms with Crippen molar-refractivity contribution in [1.29, 1.82) is 0 Å². The van der Waals surface area contributed by atoms with Gasteiger partial charge in [0.1, 0.15) is 0 Å². The van der Waals surface area contributed by atoms with Crippen LogP contribution in [0.3, 0.4) is 0 Å². The van der Waals surface area contributed by atoms with Crippen LogP contribution in [-0.4, -0.2) is 52.7 Å². The summed E-state index contributed by atoms with van der Waals surface area (Å²) in [6.07, 6.45) is 0. The van der Waals surface area contributed by atoms with Crippen LogP contribution in [0.25, 0.3) is 11.5 Å². The van der Waals surface area contributed by atoms with E-state index in [2.05, 4.69) is 0 Å². The van der Waals surface area contributed by atoms with Crippen molar-refractivity contribution in [3.63, 3.8) is 0 Å². The molecule has 0 amide bonds. The second-order valence-electron chi connectivity index (χ2n) is 2.34. The van der Waals surface area contributed by atoms with Gasteiger partial charge in [0, 0.05) is 13.2 Å². The van der Waals surface area contributed by atoms with Crippen LogP contribution < -0.4 is 116 Å². The number of nitrogens with one attached hydrogen (secondary N) is 2. The molecule has 0 aliphatic carbocycles. The van der Waals surface area contributed by atoms with Gasteiger partial charge in [0.25, 0.3) is 0 Å². The maximum Gasteiger partial charge on any atom is 1.00 e. The fourth-order valence-electron chi connectivity index (χ4n) is 0.686. The first-order valence-corrected chi connectivity index (χ1v) is 4.44. The molecule has 0 aromatic heterocycles. The quantitative estimate of drug-likeness (QED) is 0.367. The molecule has 0 saturated heterocycles. The molecule has 0 fully saturated rings. The van der Waals surface area contributed by atoms with Gasteiger partial charge in [-0.15, -0.1) is 13.1 Å². The van der Waals surface area contributed by atoms with Gasteiger partial charge in [-0.25, -0.2) is 0 Å². The Kier molecular flexibility index (Phi) is 35.4. The summed E-state index contributed by atoms with van der Waals surface area (Å²) in [5.41, 5.74) is 13.6. The van der Waals surface area contributed by atoms with E-state index < -0.39 is 0 Å². The van der Waals surface area contributed by atoms with E-state index in [4.69, 9.17) is 25.7 Å². The van der Waals surface area contributed by atoms with E-state index in [0.717, 1.165) is 0 Å². The van der Waals surface area contributed by atoms with Crippen molar-refractivity contribution >= 4 is 0 Å². The van der Waals surface area contributed by atoms with Gasteiger partial charge in [-0.1, -0.05) is 0 Å². The topological polar surface area (TPSA) is 75.3 Å². The molecule has 0 aliphatic heterocycles. The summed E-state index contributed by atoms with van der Waals surface area (Å²) in [5, 5.41) is 0. The SMILES string of the molecule is [NH-]CCOCCOCCOCC[NH-].[Rb+].[Rb+]. The molecule has 15 heavy (non-hydrogen) atoms. The van der Waals surface area contributed by atoms with Crippen molar-refractivity contribution < 1.29 is 131 Å². The maximum atomic E-state index is 6.79. The Hall–Kier alpha value is 3.41. The molecule has 0 spiro atoms. The Morgan fingerprint density at radius 1 is 0.533 bits per heavy atom. The Morgan fingerprint density at radius 2 is 0.800 bits per heavy atom. The van der Waals surface area contributed by atoms with Crippen molar-refractivity contribution in [2.45, 2.75) is 0 Å². The molecule has 0 radical (unpaired) electrons. The summed E-state index contributed by atoms with van der Waals surface area (Å²) in [6.45, 7) is 3.71. The van der Waals surface area contributed by atoms with Crippen molar-refractivity contribution in [3.05, 3.63) is 11.5 Å². The molecule has 0 unspecified atom stereocenters. The van der Waals surface area contributed by atoms with Crippen LogP contribution in [0.4, 0.5) is 0 Å². The van der Waals surface area contributed by atoms with Crippen LogP contribution >= 0.6 is 0 Å². The summed E-state index contributed by atoms with van der Waals surface area (Å²) < 4.78 is 15.2. The summed E-state index contributed by atoms with van der Waals surface area (Å²) in [6, 6.07) is 0. The van der Waals surface area contributed by atoms with Crippen LogP contribution in [0.2, 0.25) is 0 Å². The predicted octanol–water partition coefficient (Wildman–Crippen LogP) is -4.85. The average Bonchev–Trinajstić information content (AvgIpc) is 2.16. The third-order valence-corrected chi connectivity index (χ3v) is 1.24. The Labute approximate surface area is 190 Å². The Morgan fingerprint density at radius 3 is 1.07 bits per heavy atom. The zero-order valence-corrected chi connectivity index (χ0v) is 19.7. The number of hydrogen-bond donors (Lipinski definition) is 0. The zero-order chi connectivity index (χ0) is 9.78. The minimum Gasteiger partial charge on any atom is -0.676 e. The van der Waals surface area contributed by atoms with E-state index in [1.807, 2.05) is 0 Å². The molecule has 0 bridgehead atoms. The summed E-state index contributed by atoms with van der Waals surface area (Å²) >= 11 is 0. The van der Waals surface area contributed by atoms with Crippen LogP contribution in [0.1, 0.15) is 0 Å². The van der Waals surface area contributed by atoms with E-state index in [9.17, 15) is 0 Å². The van der Waals surface area contributed by atoms with Gasteiger partial charge < -0.3 is 25.7 Å². The first-order valence-electron chi connectivity index (χ1n) is 4.44. The molecule has 0 aromatic rings. The summed E-state index contributed by atoms with van der Waals surface area (Å²) in [5.74, 6) is 0. The minimum absolute atomic E-state index is 0. The summed E-state index contributed by atoms with van der Waals surface area (Å²) in [4.78, 5) is 0. The van der Waals surface area contributed by atoms with E-state index in [1.54, 1.807) is 0 Å². The third-order valence-electron chi connectivity index (χ3n) is 1.24. The van der Waals surface area contributed by atoms with E-state index in [-0.39, 0.29) is 116 Å². The molecule has 0 aliphatic rings. The number of ether oxygens (including phenoxy) is 3. The molecular formula is C8H18N2O3Rb2. The Balaban J connectivity index is -0.000000720. The molecule has 0 aromatic carbocycles. The van der Waals surface area contributed by atoms with Gasteiger partial charge in [0.05, 0.1) is 26.4 Å². The minimum atomic E-state index is 0. The number of rotatable bonds is 10. The molecule has 0 rings (SSSR count). The van der Waals surface area contributed by atoms with Crippen LogP contribution in [0, 0.1) is 0 Å². The van der Waals surface area contributed by atoms with Crippen molar-refractivity contribution in [2.24, 2.45) is 0 Å². The first kappa shape index (κ1) is 23.5. The van der Waals surface area contributed by atoms with Crippen molar-refractivity contribution in [1.82, 2.24) is 0 Å². The normalized spacial score (nSPS) is 9.20. The molecule has 0 heterocycles. The zero-order valence-electron chi connectivity index (χ0n) is 9.88. The molecule has 7 heteroatoms. The maximum absolute atomic E-state index is 6.79. The molecule has 5 nitrogen and oxygen atoms in total. The van der Waals surface area contributed by atoms with Crippen LogP contribution in [-0.2, 0) is 14.2 Å². The second kappa shape index (κ2) is 22.6.